The minimum atomic E-state index is -0.754. The lowest BCUT2D eigenvalue weighted by atomic mass is 9.80. The smallest absolute Gasteiger partial charge is 0.303 e. The van der Waals surface area contributed by atoms with Crippen LogP contribution in [0.25, 0.3) is 16.3 Å². The number of hydrogen-bond donors (Lipinski definition) is 1. The normalized spacial score (nSPS) is 20.3. The molecule has 47 heavy (non-hydrogen) atoms. The number of anilines is 1. The zero-order chi connectivity index (χ0) is 33.5. The number of likely N-dealkylation sites (N-methyl/N-ethyl adjacent to an activating group) is 1. The summed E-state index contributed by atoms with van der Waals surface area (Å²) in [6.07, 6.45) is 15.2. The molecule has 0 saturated heterocycles. The maximum atomic E-state index is 14.4. The van der Waals surface area contributed by atoms with Crippen molar-refractivity contribution in [1.82, 2.24) is 0 Å². The van der Waals surface area contributed by atoms with Crippen LogP contribution in [-0.4, -0.2) is 18.1 Å². The summed E-state index contributed by atoms with van der Waals surface area (Å²) < 4.78 is 14.4. The first-order valence-corrected chi connectivity index (χ1v) is 17.3. The summed E-state index contributed by atoms with van der Waals surface area (Å²) in [6.45, 7) is 8.95. The van der Waals surface area contributed by atoms with Gasteiger partial charge < -0.3 is 10.0 Å². The Balaban J connectivity index is 1.30. The molecule has 0 saturated carbocycles. The summed E-state index contributed by atoms with van der Waals surface area (Å²) in [5, 5.41) is 12.4. The molecule has 0 spiro atoms. The van der Waals surface area contributed by atoms with Crippen LogP contribution in [0.15, 0.2) is 106 Å². The summed E-state index contributed by atoms with van der Waals surface area (Å²) in [6, 6.07) is 18.2. The van der Waals surface area contributed by atoms with Crippen molar-refractivity contribution < 1.29 is 14.3 Å². The molecular formula is C42H45ClFNO2. The van der Waals surface area contributed by atoms with Gasteiger partial charge in [0.05, 0.1) is 0 Å². The minimum Gasteiger partial charge on any atom is -0.481 e. The fourth-order valence-electron chi connectivity index (χ4n) is 8.06. The number of aliphatic carboxylic acids is 1. The number of hydrogen-bond acceptors (Lipinski definition) is 2. The quantitative estimate of drug-likeness (QED) is 0.234. The van der Waals surface area contributed by atoms with E-state index in [1.54, 1.807) is 12.1 Å². The van der Waals surface area contributed by atoms with E-state index in [2.05, 4.69) is 100 Å². The summed E-state index contributed by atoms with van der Waals surface area (Å²) in [5.74, 6) is -0.979. The molecule has 0 atom stereocenters. The van der Waals surface area contributed by atoms with Crippen LogP contribution in [0.4, 0.5) is 10.1 Å². The number of carboxylic acid groups (broad SMARTS) is 1. The Morgan fingerprint density at radius 3 is 2.53 bits per heavy atom. The second-order valence-electron chi connectivity index (χ2n) is 14.3. The minimum absolute atomic E-state index is 0.158. The summed E-state index contributed by atoms with van der Waals surface area (Å²) in [5.41, 5.74) is 10.1. The van der Waals surface area contributed by atoms with E-state index in [1.807, 2.05) is 6.07 Å². The van der Waals surface area contributed by atoms with E-state index in [1.165, 1.54) is 38.9 Å². The van der Waals surface area contributed by atoms with E-state index < -0.39 is 5.97 Å². The molecule has 3 aromatic rings. The summed E-state index contributed by atoms with van der Waals surface area (Å²) in [7, 11) is 2.16. The average molecular weight is 650 g/mol. The highest BCUT2D eigenvalue weighted by Crippen LogP contribution is 2.51. The Morgan fingerprint density at radius 1 is 0.957 bits per heavy atom. The van der Waals surface area contributed by atoms with Gasteiger partial charge in [0.15, 0.2) is 0 Å². The highest BCUT2D eigenvalue weighted by atomic mass is 35.5. The zero-order valence-electron chi connectivity index (χ0n) is 28.2. The Morgan fingerprint density at radius 2 is 1.74 bits per heavy atom. The highest BCUT2D eigenvalue weighted by molar-refractivity contribution is 6.32. The first-order valence-electron chi connectivity index (χ1n) is 16.9. The van der Waals surface area contributed by atoms with Crippen LogP contribution in [0.3, 0.4) is 0 Å². The van der Waals surface area contributed by atoms with Crippen molar-refractivity contribution in [3.05, 3.63) is 129 Å². The zero-order valence-corrected chi connectivity index (χ0v) is 29.0. The van der Waals surface area contributed by atoms with Crippen molar-refractivity contribution >= 4 is 39.6 Å². The number of fused-ring (bicyclic) bond motifs is 4. The molecule has 3 aliphatic rings. The molecule has 3 nitrogen and oxygen atoms in total. The molecule has 6 rings (SSSR count). The molecule has 1 heterocycles. The van der Waals surface area contributed by atoms with Crippen molar-refractivity contribution in [3.63, 3.8) is 0 Å². The highest BCUT2D eigenvalue weighted by Gasteiger charge is 2.40. The lowest BCUT2D eigenvalue weighted by molar-refractivity contribution is -0.137. The Kier molecular flexibility index (Phi) is 9.11. The number of carboxylic acids is 1. The molecule has 1 aliphatic heterocycles. The Hall–Kier alpha value is -3.89. The van der Waals surface area contributed by atoms with Crippen molar-refractivity contribution in [2.24, 2.45) is 0 Å². The van der Waals surface area contributed by atoms with E-state index in [4.69, 9.17) is 16.7 Å². The molecule has 0 radical (unpaired) electrons. The van der Waals surface area contributed by atoms with Crippen LogP contribution >= 0.6 is 11.6 Å². The van der Waals surface area contributed by atoms with Crippen LogP contribution in [0.1, 0.15) is 95.8 Å². The van der Waals surface area contributed by atoms with Gasteiger partial charge in [0, 0.05) is 40.7 Å². The van der Waals surface area contributed by atoms with Crippen molar-refractivity contribution in [2.75, 3.05) is 11.9 Å². The number of halogens is 2. The maximum Gasteiger partial charge on any atom is 0.303 e. The van der Waals surface area contributed by atoms with Gasteiger partial charge in [0.2, 0.25) is 0 Å². The first kappa shape index (κ1) is 33.0. The van der Waals surface area contributed by atoms with Crippen LogP contribution in [0.2, 0.25) is 0 Å². The van der Waals surface area contributed by atoms with Crippen molar-refractivity contribution in [1.29, 1.82) is 0 Å². The second-order valence-corrected chi connectivity index (χ2v) is 14.7. The lowest BCUT2D eigenvalue weighted by Crippen LogP contribution is -2.22. The largest absolute Gasteiger partial charge is 0.481 e. The number of allylic oxidation sites excluding steroid dienone is 10. The number of benzene rings is 3. The van der Waals surface area contributed by atoms with E-state index in [0.717, 1.165) is 65.8 Å². The molecule has 3 aromatic carbocycles. The van der Waals surface area contributed by atoms with Crippen LogP contribution < -0.4 is 4.90 Å². The molecule has 2 aliphatic carbocycles. The first-order chi connectivity index (χ1) is 22.4. The summed E-state index contributed by atoms with van der Waals surface area (Å²) in [4.78, 5) is 13.3. The van der Waals surface area contributed by atoms with Crippen molar-refractivity contribution in [2.45, 2.75) is 89.9 Å². The van der Waals surface area contributed by atoms with Crippen molar-refractivity contribution in [3.8, 4) is 0 Å². The van der Waals surface area contributed by atoms with E-state index in [-0.39, 0.29) is 23.1 Å². The number of unbranched alkanes of at least 4 members (excludes halogenated alkanes) is 2. The fraction of sp³-hybridized carbons (Fsp3) is 0.357. The number of rotatable bonds is 9. The lowest BCUT2D eigenvalue weighted by Gasteiger charge is -2.25. The van der Waals surface area contributed by atoms with Gasteiger partial charge in [-0.25, -0.2) is 4.39 Å². The van der Waals surface area contributed by atoms with Gasteiger partial charge >= 0.3 is 5.97 Å². The Bertz CT molecular complexity index is 1900. The molecule has 0 unspecified atom stereocenters. The third-order valence-corrected chi connectivity index (χ3v) is 11.0. The van der Waals surface area contributed by atoms with Gasteiger partial charge in [-0.2, -0.15) is 0 Å². The maximum absolute atomic E-state index is 14.4. The fourth-order valence-corrected chi connectivity index (χ4v) is 8.38. The van der Waals surface area contributed by atoms with E-state index >= 15 is 0 Å². The molecule has 5 heteroatoms. The topological polar surface area (TPSA) is 40.5 Å². The summed E-state index contributed by atoms with van der Waals surface area (Å²) >= 11 is 7.16. The molecule has 0 amide bonds. The second kappa shape index (κ2) is 13.0. The molecule has 244 valence electrons. The van der Waals surface area contributed by atoms with Crippen LogP contribution in [0, 0.1) is 5.82 Å². The van der Waals surface area contributed by atoms with Gasteiger partial charge in [-0.3, -0.25) is 4.79 Å². The third kappa shape index (κ3) is 6.13. The average Bonchev–Trinajstić information content (AvgIpc) is 3.36. The number of nitrogens with zero attached hydrogens (tertiary/aromatic N) is 1. The van der Waals surface area contributed by atoms with Gasteiger partial charge in [-0.1, -0.05) is 100 Å². The predicted molar refractivity (Wildman–Crippen MR) is 194 cm³/mol. The Labute approximate surface area is 283 Å². The molecule has 0 bridgehead atoms. The van der Waals surface area contributed by atoms with E-state index in [9.17, 15) is 9.18 Å². The predicted octanol–water partition coefficient (Wildman–Crippen LogP) is 11.5. The van der Waals surface area contributed by atoms with Gasteiger partial charge in [0.25, 0.3) is 0 Å². The van der Waals surface area contributed by atoms with Gasteiger partial charge in [0.1, 0.15) is 5.82 Å². The van der Waals surface area contributed by atoms with Gasteiger partial charge in [-0.05, 0) is 113 Å². The van der Waals surface area contributed by atoms with Gasteiger partial charge in [-0.15, -0.1) is 0 Å². The molecule has 0 aromatic heterocycles. The number of carbonyl (C=O) groups is 1. The standard InChI is InChI=1S/C42H45ClFNO2/c1-41(2)34(32(16-7-6-8-17-38(46)47)33-22-21-30(44)26-35(33)41)23-18-28-13-11-14-29(40(28)43)20-25-37-42(3,4)39-31-15-10-9-12-27(31)19-24-36(39)45(37)5/h9-10,12,15,18-26H,6-8,11,13-14,16-17H2,1-5H3,(H,46,47)/b23-18+,29-20+,37-25+. The monoisotopic (exact) mass is 649 g/mol. The van der Waals surface area contributed by atoms with Crippen LogP contribution in [-0.2, 0) is 15.6 Å². The third-order valence-electron chi connectivity index (χ3n) is 10.5. The molecule has 1 N–H and O–H groups in total. The SMILES string of the molecule is CN1/C(=C/C=C2\CCCC(/C=C/C3=C(CCCCCC(=O)O)c4ccc(F)cc4C3(C)C)=C2Cl)C(C)(C)c2c1ccc1ccccc21. The molecular weight excluding hydrogens is 605 g/mol. The van der Waals surface area contributed by atoms with E-state index in [0.29, 0.717) is 6.42 Å². The van der Waals surface area contributed by atoms with Crippen LogP contribution in [0.5, 0.6) is 0 Å². The molecule has 0 fully saturated rings.